The first kappa shape index (κ1) is 53.8. The molecule has 404 valence electrons. The third-order valence-corrected chi connectivity index (χ3v) is 17.3. The van der Waals surface area contributed by atoms with Crippen LogP contribution in [-0.2, 0) is 21.7 Å². The number of hydrogen-bond donors (Lipinski definition) is 0. The second-order valence-electron chi connectivity index (χ2n) is 25.5. The van der Waals surface area contributed by atoms with Gasteiger partial charge >= 0.3 is 0 Å². The van der Waals surface area contributed by atoms with Crippen molar-refractivity contribution in [1.29, 1.82) is 0 Å². The second-order valence-corrected chi connectivity index (χ2v) is 25.5. The Kier molecular flexibility index (Phi) is 14.0. The van der Waals surface area contributed by atoms with Gasteiger partial charge in [-0.3, -0.25) is 4.57 Å². The molecular formula is C75H78N4O. The molecule has 5 nitrogen and oxygen atoms in total. The lowest BCUT2D eigenvalue weighted by Gasteiger charge is -2.33. The van der Waals surface area contributed by atoms with Crippen molar-refractivity contribution in [1.82, 2.24) is 9.55 Å². The lowest BCUT2D eigenvalue weighted by Crippen LogP contribution is -2.27. The Hall–Kier alpha value is -8.15. The van der Waals surface area contributed by atoms with E-state index in [0.29, 0.717) is 18.5 Å². The first-order valence-electron chi connectivity index (χ1n) is 28.7. The molecule has 80 heavy (non-hydrogen) atoms. The number of fused-ring (bicyclic) bond motifs is 3. The Morgan fingerprint density at radius 1 is 0.412 bits per heavy atom. The zero-order chi connectivity index (χ0) is 56.3. The predicted octanol–water partition coefficient (Wildman–Crippen LogP) is 19.9. The molecule has 0 saturated carbocycles. The van der Waals surface area contributed by atoms with Crippen molar-refractivity contribution in [2.75, 3.05) is 16.5 Å². The summed E-state index contributed by atoms with van der Waals surface area (Å²) in [6.45, 7) is 30.7. The van der Waals surface area contributed by atoms with E-state index >= 15 is 0 Å². The highest BCUT2D eigenvalue weighted by Crippen LogP contribution is 2.45. The van der Waals surface area contributed by atoms with E-state index in [1.807, 2.05) is 6.20 Å². The largest absolute Gasteiger partial charge is 0.457 e. The number of hydrogen-bond acceptors (Lipinski definition) is 4. The number of anilines is 2. The van der Waals surface area contributed by atoms with E-state index < -0.39 is 0 Å². The smallest absolute Gasteiger partial charge is 0.137 e. The number of nitrogens with zero attached hydrogens (tertiary/aromatic N) is 4. The minimum atomic E-state index is -0.243. The van der Waals surface area contributed by atoms with Gasteiger partial charge in [0.1, 0.15) is 17.3 Å². The number of aromatic nitrogens is 2. The van der Waals surface area contributed by atoms with Gasteiger partial charge in [0.15, 0.2) is 0 Å². The summed E-state index contributed by atoms with van der Waals surface area (Å²) in [6.07, 6.45) is 6.42. The van der Waals surface area contributed by atoms with Crippen molar-refractivity contribution in [2.24, 2.45) is 0 Å². The molecule has 8 aromatic carbocycles. The third kappa shape index (κ3) is 10.1. The van der Waals surface area contributed by atoms with Gasteiger partial charge < -0.3 is 14.5 Å². The first-order chi connectivity index (χ1) is 38.2. The van der Waals surface area contributed by atoms with Crippen LogP contribution in [-0.4, -0.2) is 16.2 Å². The highest BCUT2D eigenvalue weighted by Gasteiger charge is 2.31. The van der Waals surface area contributed by atoms with Crippen LogP contribution in [0.5, 0.6) is 11.5 Å². The number of benzene rings is 8. The molecule has 0 radical (unpaired) electrons. The van der Waals surface area contributed by atoms with Crippen molar-refractivity contribution in [3.05, 3.63) is 263 Å². The Labute approximate surface area is 476 Å². The van der Waals surface area contributed by atoms with Crippen molar-refractivity contribution >= 4 is 33.2 Å². The molecule has 0 saturated heterocycles. The van der Waals surface area contributed by atoms with Gasteiger partial charge in [-0.1, -0.05) is 211 Å². The average molecular weight is 1050 g/mol. The van der Waals surface area contributed by atoms with Gasteiger partial charge in [0.2, 0.25) is 0 Å². The quantitative estimate of drug-likeness (QED) is 0.109. The molecule has 0 amide bonds. The molecule has 0 N–H and O–H groups in total. The molecule has 1 aliphatic rings. The summed E-state index contributed by atoms with van der Waals surface area (Å²) < 4.78 is 9.58. The van der Waals surface area contributed by atoms with Crippen LogP contribution in [0.15, 0.2) is 213 Å². The van der Waals surface area contributed by atoms with Gasteiger partial charge in [-0.15, -0.1) is 0 Å². The molecule has 0 fully saturated rings. The van der Waals surface area contributed by atoms with Gasteiger partial charge in [0.25, 0.3) is 0 Å². The van der Waals surface area contributed by atoms with Crippen LogP contribution in [0.4, 0.5) is 11.4 Å². The van der Waals surface area contributed by atoms with E-state index in [2.05, 4.69) is 311 Å². The summed E-state index contributed by atoms with van der Waals surface area (Å²) >= 11 is 0. The minimum absolute atomic E-state index is 0.0585. The van der Waals surface area contributed by atoms with Crippen molar-refractivity contribution < 1.29 is 4.74 Å². The molecule has 11 rings (SSSR count). The van der Waals surface area contributed by atoms with E-state index in [1.54, 1.807) is 0 Å². The van der Waals surface area contributed by atoms with Crippen LogP contribution >= 0.6 is 0 Å². The maximum atomic E-state index is 7.25. The van der Waals surface area contributed by atoms with E-state index in [4.69, 9.17) is 9.72 Å². The average Bonchev–Trinajstić information content (AvgIpc) is 3.92. The first-order valence-corrected chi connectivity index (χ1v) is 28.7. The number of pyridine rings is 1. The highest BCUT2D eigenvalue weighted by molar-refractivity contribution is 6.10. The lowest BCUT2D eigenvalue weighted by molar-refractivity contribution is 0.483. The van der Waals surface area contributed by atoms with Crippen molar-refractivity contribution in [3.63, 3.8) is 0 Å². The summed E-state index contributed by atoms with van der Waals surface area (Å²) in [6, 6.07) is 71.5. The molecular weight excluding hydrogens is 973 g/mol. The molecule has 0 bridgehead atoms. The fraction of sp³-hybridized carbons (Fsp3) is 0.267. The highest BCUT2D eigenvalue weighted by atomic mass is 16.5. The third-order valence-electron chi connectivity index (χ3n) is 17.3. The molecule has 0 aliphatic carbocycles. The van der Waals surface area contributed by atoms with Gasteiger partial charge in [0.05, 0.1) is 17.7 Å². The summed E-state index contributed by atoms with van der Waals surface area (Å²) in [5.41, 5.74) is 17.6. The Morgan fingerprint density at radius 3 is 1.49 bits per heavy atom. The summed E-state index contributed by atoms with van der Waals surface area (Å²) in [4.78, 5) is 9.83. The van der Waals surface area contributed by atoms with E-state index in [-0.39, 0.29) is 21.7 Å². The fourth-order valence-electron chi connectivity index (χ4n) is 12.0. The molecule has 0 unspecified atom stereocenters. The maximum Gasteiger partial charge on any atom is 0.137 e. The van der Waals surface area contributed by atoms with Crippen LogP contribution in [0.2, 0.25) is 0 Å². The lowest BCUT2D eigenvalue weighted by atomic mass is 9.73. The second kappa shape index (κ2) is 20.8. The minimum Gasteiger partial charge on any atom is -0.457 e. The SMILES string of the molecule is CC(C)c1cccc(C(C)C)c1-c1cc(Oc2ccc3c4cc(C(C)(C)c5ccccc5)ccc4n(-c4cc(C(C)(C)C)ccn4)c3c2)cc(N2C=CN(c3cc(C(C)(C)c4ccccc4)cc(C(C)(C)c4ccccc4)c3)C2)c1. The summed E-state index contributed by atoms with van der Waals surface area (Å²) in [7, 11) is 0. The summed E-state index contributed by atoms with van der Waals surface area (Å²) in [5, 5.41) is 2.33. The van der Waals surface area contributed by atoms with E-state index in [1.165, 1.54) is 61.0 Å². The van der Waals surface area contributed by atoms with Gasteiger partial charge in [-0.25, -0.2) is 4.98 Å². The fourth-order valence-corrected chi connectivity index (χ4v) is 12.0. The molecule has 10 aromatic rings. The van der Waals surface area contributed by atoms with Gasteiger partial charge in [-0.05, 0) is 139 Å². The summed E-state index contributed by atoms with van der Waals surface area (Å²) in [5.74, 6) is 3.05. The van der Waals surface area contributed by atoms with Crippen LogP contribution in [0.25, 0.3) is 38.8 Å². The molecule has 1 aliphatic heterocycles. The standard InChI is InChI=1S/C75H78N4O/c1-50(2)64-30-23-31-65(51(3)4)71(64)52-40-60(77-38-39-78(49-77)61-43-58(74(10,11)54-26-19-15-20-27-54)42-59(44-61)75(12,13)55-28-21-16-22-29-55)47-63(41-52)80-62-33-34-66-67-45-57(73(8,9)53-24-17-14-18-25-53)32-35-68(67)79(69(66)48-62)70-46-56(36-37-76-70)72(5,6)7/h14-48,50-51H,49H2,1-13H3. The van der Waals surface area contributed by atoms with Crippen LogP contribution in [0.1, 0.15) is 152 Å². The van der Waals surface area contributed by atoms with Crippen LogP contribution in [0.3, 0.4) is 0 Å². The molecule has 3 heterocycles. The normalized spacial score (nSPS) is 13.4. The van der Waals surface area contributed by atoms with Crippen molar-refractivity contribution in [2.45, 2.75) is 124 Å². The Balaban J connectivity index is 1.03. The van der Waals surface area contributed by atoms with Gasteiger partial charge in [-0.2, -0.15) is 0 Å². The zero-order valence-corrected chi connectivity index (χ0v) is 49.3. The molecule has 2 aromatic heterocycles. The zero-order valence-electron chi connectivity index (χ0n) is 49.3. The van der Waals surface area contributed by atoms with E-state index in [0.717, 1.165) is 50.7 Å². The Morgan fingerprint density at radius 2 is 0.950 bits per heavy atom. The number of ether oxygens (including phenoxy) is 1. The van der Waals surface area contributed by atoms with Crippen LogP contribution in [0, 0.1) is 0 Å². The monoisotopic (exact) mass is 1050 g/mol. The topological polar surface area (TPSA) is 33.5 Å². The molecule has 0 atom stereocenters. The van der Waals surface area contributed by atoms with Gasteiger partial charge in [0, 0.05) is 69.1 Å². The maximum absolute atomic E-state index is 7.25. The number of rotatable bonds is 14. The molecule has 5 heteroatoms. The van der Waals surface area contributed by atoms with Crippen molar-refractivity contribution in [3.8, 4) is 28.4 Å². The predicted molar refractivity (Wildman–Crippen MR) is 339 cm³/mol. The molecule has 0 spiro atoms. The van der Waals surface area contributed by atoms with Crippen LogP contribution < -0.4 is 14.5 Å². The van der Waals surface area contributed by atoms with E-state index in [9.17, 15) is 0 Å². The Bertz CT molecular complexity index is 3810.